The van der Waals surface area contributed by atoms with Gasteiger partial charge in [-0.3, -0.25) is 9.59 Å². The van der Waals surface area contributed by atoms with E-state index in [0.29, 0.717) is 6.54 Å². The zero-order chi connectivity index (χ0) is 20.4. The van der Waals surface area contributed by atoms with Crippen molar-refractivity contribution in [3.63, 3.8) is 0 Å². The van der Waals surface area contributed by atoms with Crippen LogP contribution in [0.25, 0.3) is 0 Å². The van der Waals surface area contributed by atoms with E-state index in [4.69, 9.17) is 0 Å². The summed E-state index contributed by atoms with van der Waals surface area (Å²) in [4.78, 5) is 25.0. The third kappa shape index (κ3) is 3.59. The SMILES string of the molecule is O=C(NCCCc1ccccc1)c1ccc2c(c1)S(=O)(=O)c1ccccc1C2=O. The van der Waals surface area contributed by atoms with Crippen molar-refractivity contribution in [2.24, 2.45) is 0 Å². The minimum absolute atomic E-state index is 0.0158. The van der Waals surface area contributed by atoms with Gasteiger partial charge in [0.2, 0.25) is 9.84 Å². The van der Waals surface area contributed by atoms with Gasteiger partial charge in [-0.25, -0.2) is 8.42 Å². The molecule has 0 saturated carbocycles. The van der Waals surface area contributed by atoms with Gasteiger partial charge in [-0.05, 0) is 48.7 Å². The van der Waals surface area contributed by atoms with E-state index in [2.05, 4.69) is 5.32 Å². The maximum atomic E-state index is 12.9. The van der Waals surface area contributed by atoms with Gasteiger partial charge in [0.15, 0.2) is 5.78 Å². The summed E-state index contributed by atoms with van der Waals surface area (Å²) in [7, 11) is -3.85. The van der Waals surface area contributed by atoms with Crippen LogP contribution in [0.4, 0.5) is 0 Å². The molecule has 146 valence electrons. The topological polar surface area (TPSA) is 80.3 Å². The van der Waals surface area contributed by atoms with Gasteiger partial charge in [0.25, 0.3) is 5.91 Å². The van der Waals surface area contributed by atoms with Crippen LogP contribution >= 0.6 is 0 Å². The molecule has 0 aliphatic carbocycles. The molecular formula is C23H19NO4S. The van der Waals surface area contributed by atoms with E-state index in [1.165, 1.54) is 35.9 Å². The third-order valence-electron chi connectivity index (χ3n) is 4.97. The first kappa shape index (κ1) is 19.1. The molecule has 0 spiro atoms. The lowest BCUT2D eigenvalue weighted by Crippen LogP contribution is -2.26. The van der Waals surface area contributed by atoms with Crippen molar-refractivity contribution in [2.75, 3.05) is 6.54 Å². The fourth-order valence-corrected chi connectivity index (χ4v) is 5.14. The molecule has 5 nitrogen and oxygen atoms in total. The van der Waals surface area contributed by atoms with Crippen molar-refractivity contribution >= 4 is 21.5 Å². The van der Waals surface area contributed by atoms with E-state index < -0.39 is 9.84 Å². The zero-order valence-corrected chi connectivity index (χ0v) is 16.4. The highest BCUT2D eigenvalue weighted by Gasteiger charge is 2.34. The van der Waals surface area contributed by atoms with Gasteiger partial charge in [0.05, 0.1) is 9.79 Å². The Balaban J connectivity index is 1.51. The van der Waals surface area contributed by atoms with Gasteiger partial charge < -0.3 is 5.32 Å². The molecule has 3 aromatic rings. The summed E-state index contributed by atoms with van der Waals surface area (Å²) >= 11 is 0. The number of rotatable bonds is 5. The van der Waals surface area contributed by atoms with Crippen LogP contribution in [0.5, 0.6) is 0 Å². The minimum atomic E-state index is -3.85. The van der Waals surface area contributed by atoms with Crippen LogP contribution in [0.2, 0.25) is 0 Å². The van der Waals surface area contributed by atoms with E-state index in [0.717, 1.165) is 12.8 Å². The van der Waals surface area contributed by atoms with Gasteiger partial charge >= 0.3 is 0 Å². The summed E-state index contributed by atoms with van der Waals surface area (Å²) < 4.78 is 25.9. The number of amides is 1. The lowest BCUT2D eigenvalue weighted by atomic mass is 10.0. The number of aryl methyl sites for hydroxylation is 1. The number of fused-ring (bicyclic) bond motifs is 2. The standard InChI is InChI=1S/C23H19NO4S/c25-22-18-10-4-5-11-20(18)29(27,28)21-15-17(12-13-19(21)22)23(26)24-14-6-9-16-7-2-1-3-8-16/h1-5,7-8,10-13,15H,6,9,14H2,(H,24,26). The molecule has 1 amide bonds. The number of hydrogen-bond donors (Lipinski definition) is 1. The summed E-state index contributed by atoms with van der Waals surface area (Å²) in [6.07, 6.45) is 1.61. The Morgan fingerprint density at radius 1 is 0.828 bits per heavy atom. The number of hydrogen-bond acceptors (Lipinski definition) is 4. The van der Waals surface area contributed by atoms with Crippen molar-refractivity contribution < 1.29 is 18.0 Å². The Morgan fingerprint density at radius 3 is 2.31 bits per heavy atom. The number of carbonyl (C=O) groups excluding carboxylic acids is 2. The molecule has 4 rings (SSSR count). The molecule has 0 aromatic heterocycles. The second-order valence-electron chi connectivity index (χ2n) is 6.88. The average molecular weight is 405 g/mol. The van der Waals surface area contributed by atoms with Crippen LogP contribution in [0, 0.1) is 0 Å². The maximum absolute atomic E-state index is 12.9. The molecule has 1 aliphatic heterocycles. The average Bonchev–Trinajstić information content (AvgIpc) is 2.75. The Hall–Kier alpha value is -3.25. The summed E-state index contributed by atoms with van der Waals surface area (Å²) in [5.41, 5.74) is 1.68. The van der Waals surface area contributed by atoms with Crippen LogP contribution in [0.15, 0.2) is 82.6 Å². The normalized spacial score (nSPS) is 14.0. The molecule has 1 aliphatic rings. The first-order valence-corrected chi connectivity index (χ1v) is 10.8. The highest BCUT2D eigenvalue weighted by molar-refractivity contribution is 7.91. The van der Waals surface area contributed by atoms with Crippen LogP contribution in [0.3, 0.4) is 0 Å². The molecule has 0 atom stereocenters. The summed E-state index contributed by atoms with van der Waals surface area (Å²) in [5.74, 6) is -0.706. The first-order chi connectivity index (χ1) is 14.0. The second-order valence-corrected chi connectivity index (χ2v) is 8.77. The monoisotopic (exact) mass is 405 g/mol. The van der Waals surface area contributed by atoms with E-state index in [1.54, 1.807) is 12.1 Å². The highest BCUT2D eigenvalue weighted by Crippen LogP contribution is 2.34. The van der Waals surface area contributed by atoms with E-state index >= 15 is 0 Å². The number of carbonyl (C=O) groups is 2. The lowest BCUT2D eigenvalue weighted by Gasteiger charge is -2.19. The third-order valence-corrected chi connectivity index (χ3v) is 6.82. The predicted octanol–water partition coefficient (Wildman–Crippen LogP) is 3.43. The largest absolute Gasteiger partial charge is 0.352 e. The Labute approximate surface area is 169 Å². The molecule has 0 saturated heterocycles. The van der Waals surface area contributed by atoms with Crippen molar-refractivity contribution in [3.05, 3.63) is 95.1 Å². The van der Waals surface area contributed by atoms with Crippen molar-refractivity contribution in [1.82, 2.24) is 5.32 Å². The van der Waals surface area contributed by atoms with Gasteiger partial charge in [-0.15, -0.1) is 0 Å². The molecule has 6 heteroatoms. The summed E-state index contributed by atoms with van der Waals surface area (Å²) in [6, 6.07) is 20.3. The van der Waals surface area contributed by atoms with Crippen molar-refractivity contribution in [2.45, 2.75) is 22.6 Å². The number of nitrogens with one attached hydrogen (secondary N) is 1. The van der Waals surface area contributed by atoms with Crippen molar-refractivity contribution in [3.8, 4) is 0 Å². The maximum Gasteiger partial charge on any atom is 0.251 e. The van der Waals surface area contributed by atoms with E-state index in [1.807, 2.05) is 30.3 Å². The van der Waals surface area contributed by atoms with Crippen LogP contribution in [-0.4, -0.2) is 26.7 Å². The Morgan fingerprint density at radius 2 is 1.52 bits per heavy atom. The molecule has 0 unspecified atom stereocenters. The molecule has 29 heavy (non-hydrogen) atoms. The Bertz CT molecular complexity index is 1200. The van der Waals surface area contributed by atoms with Gasteiger partial charge in [-0.1, -0.05) is 42.5 Å². The number of ketones is 1. The van der Waals surface area contributed by atoms with E-state index in [-0.39, 0.29) is 38.2 Å². The van der Waals surface area contributed by atoms with E-state index in [9.17, 15) is 18.0 Å². The predicted molar refractivity (Wildman–Crippen MR) is 109 cm³/mol. The van der Waals surface area contributed by atoms with Gasteiger partial charge in [-0.2, -0.15) is 0 Å². The molecule has 0 radical (unpaired) electrons. The van der Waals surface area contributed by atoms with Crippen LogP contribution in [-0.2, 0) is 16.3 Å². The fourth-order valence-electron chi connectivity index (χ4n) is 3.47. The van der Waals surface area contributed by atoms with Gasteiger partial charge in [0, 0.05) is 23.2 Å². The van der Waals surface area contributed by atoms with Crippen LogP contribution < -0.4 is 5.32 Å². The minimum Gasteiger partial charge on any atom is -0.352 e. The van der Waals surface area contributed by atoms with Crippen molar-refractivity contribution in [1.29, 1.82) is 0 Å². The fraction of sp³-hybridized carbons (Fsp3) is 0.130. The van der Waals surface area contributed by atoms with Crippen LogP contribution in [0.1, 0.15) is 38.3 Å². The number of benzene rings is 3. The zero-order valence-electron chi connectivity index (χ0n) is 15.6. The first-order valence-electron chi connectivity index (χ1n) is 9.33. The molecular weight excluding hydrogens is 386 g/mol. The molecule has 0 bridgehead atoms. The second kappa shape index (κ2) is 7.64. The smallest absolute Gasteiger partial charge is 0.251 e. The Kier molecular flexibility index (Phi) is 5.03. The highest BCUT2D eigenvalue weighted by atomic mass is 32.2. The molecule has 1 N–H and O–H groups in total. The molecule has 0 fully saturated rings. The summed E-state index contributed by atoms with van der Waals surface area (Å²) in [6.45, 7) is 0.472. The molecule has 3 aromatic carbocycles. The quantitative estimate of drug-likeness (QED) is 0.516. The number of sulfone groups is 1. The summed E-state index contributed by atoms with van der Waals surface area (Å²) in [5, 5.41) is 2.82. The molecule has 1 heterocycles. The lowest BCUT2D eigenvalue weighted by molar-refractivity contribution is 0.0951. The van der Waals surface area contributed by atoms with Gasteiger partial charge in [0.1, 0.15) is 0 Å².